The van der Waals surface area contributed by atoms with Crippen molar-refractivity contribution in [3.8, 4) is 0 Å². The Labute approximate surface area is 75.6 Å². The molecule has 0 bridgehead atoms. The lowest BCUT2D eigenvalue weighted by molar-refractivity contribution is -0.0299. The first-order valence-corrected chi connectivity index (χ1v) is 4.51. The van der Waals surface area contributed by atoms with E-state index in [1.54, 1.807) is 0 Å². The zero-order chi connectivity index (χ0) is 9.12. The average Bonchev–Trinajstić information content (AvgIpc) is 1.83. The second-order valence-electron chi connectivity index (χ2n) is 2.03. The summed E-state index contributed by atoms with van der Waals surface area (Å²) in [6.45, 7) is -2.12. The van der Waals surface area contributed by atoms with E-state index in [1.807, 2.05) is 0 Å². The van der Waals surface area contributed by atoms with Gasteiger partial charge in [0.15, 0.2) is 0 Å². The molecule has 0 radical (unpaired) electrons. The van der Waals surface area contributed by atoms with Crippen molar-refractivity contribution in [1.82, 2.24) is 0 Å². The van der Waals surface area contributed by atoms with Gasteiger partial charge in [0.2, 0.25) is 0 Å². The van der Waals surface area contributed by atoms with Crippen LogP contribution in [-0.4, -0.2) is 33.7 Å². The van der Waals surface area contributed by atoms with Crippen LogP contribution in [0, 0.1) is 0 Å². The number of hydrogen-bond donors (Lipinski definition) is 1. The molecule has 0 aliphatic heterocycles. The number of nitrogens with two attached hydrogens (primary N) is 1. The summed E-state index contributed by atoms with van der Waals surface area (Å²) in [5.74, 6) is -3.27. The van der Waals surface area contributed by atoms with Crippen LogP contribution in [0.5, 0.6) is 0 Å². The van der Waals surface area contributed by atoms with Crippen LogP contribution in [0.25, 0.3) is 0 Å². The third-order valence-corrected chi connectivity index (χ3v) is 1.33. The predicted molar refractivity (Wildman–Crippen MR) is 42.0 cm³/mol. The quantitative estimate of drug-likeness (QED) is 0.683. The third-order valence-electron chi connectivity index (χ3n) is 0.783. The average molecular weight is 226 g/mol. The molecule has 0 aliphatic carbocycles. The summed E-state index contributed by atoms with van der Waals surface area (Å²) in [4.78, 5) is 0. The summed E-state index contributed by atoms with van der Waals surface area (Å²) in [6, 6.07) is 0. The largest absolute Gasteiger partial charge is 0.325 e. The van der Waals surface area contributed by atoms with Gasteiger partial charge in [-0.3, -0.25) is 4.18 Å². The highest BCUT2D eigenvalue weighted by Crippen LogP contribution is 2.11. The maximum Gasteiger partial charge on any atom is 0.284 e. The lowest BCUT2D eigenvalue weighted by atomic mass is 10.4. The molecule has 0 saturated carbocycles. The van der Waals surface area contributed by atoms with Crippen molar-refractivity contribution >= 4 is 22.5 Å². The van der Waals surface area contributed by atoms with Crippen LogP contribution in [0.4, 0.5) is 8.78 Å². The maximum absolute atomic E-state index is 12.2. The molecule has 76 valence electrons. The highest BCUT2D eigenvalue weighted by molar-refractivity contribution is 7.85. The zero-order valence-corrected chi connectivity index (χ0v) is 7.92. The Hall–Kier alpha value is 0.0200. The van der Waals surface area contributed by atoms with Crippen LogP contribution < -0.4 is 5.73 Å². The van der Waals surface area contributed by atoms with Crippen LogP contribution in [-0.2, 0) is 14.3 Å². The van der Waals surface area contributed by atoms with Crippen LogP contribution in [0.2, 0.25) is 0 Å². The second-order valence-corrected chi connectivity index (χ2v) is 3.67. The molecule has 0 aromatic heterocycles. The molecular weight excluding hydrogens is 216 g/mol. The molecule has 8 heteroatoms. The molecule has 0 saturated heterocycles. The van der Waals surface area contributed by atoms with E-state index in [0.29, 0.717) is 6.26 Å². The van der Waals surface area contributed by atoms with Crippen molar-refractivity contribution < 1.29 is 21.4 Å². The van der Waals surface area contributed by atoms with Gasteiger partial charge in [-0.1, -0.05) is 0 Å². The van der Waals surface area contributed by atoms with E-state index in [-0.39, 0.29) is 12.4 Å². The van der Waals surface area contributed by atoms with Gasteiger partial charge in [0.1, 0.15) is 6.61 Å². The number of alkyl halides is 2. The predicted octanol–water partition coefficient (Wildman–Crippen LogP) is -0.0216. The molecule has 0 aromatic carbocycles. The zero-order valence-electron chi connectivity index (χ0n) is 6.29. The Morgan fingerprint density at radius 1 is 1.50 bits per heavy atom. The summed E-state index contributed by atoms with van der Waals surface area (Å²) in [5.41, 5.74) is 4.61. The topological polar surface area (TPSA) is 69.4 Å². The van der Waals surface area contributed by atoms with Gasteiger partial charge in [0.05, 0.1) is 12.8 Å². The highest BCUT2D eigenvalue weighted by Gasteiger charge is 2.28. The molecule has 0 fully saturated rings. The van der Waals surface area contributed by atoms with Crippen LogP contribution in [0.1, 0.15) is 0 Å². The Morgan fingerprint density at radius 2 is 1.92 bits per heavy atom. The molecule has 0 aromatic rings. The van der Waals surface area contributed by atoms with Gasteiger partial charge in [-0.2, -0.15) is 8.42 Å². The number of rotatable bonds is 4. The van der Waals surface area contributed by atoms with E-state index in [1.165, 1.54) is 0 Å². The van der Waals surface area contributed by atoms with Gasteiger partial charge < -0.3 is 5.73 Å². The van der Waals surface area contributed by atoms with Crippen molar-refractivity contribution in [3.05, 3.63) is 0 Å². The molecule has 0 spiro atoms. The summed E-state index contributed by atoms with van der Waals surface area (Å²) in [6.07, 6.45) is 0.694. The van der Waals surface area contributed by atoms with Crippen molar-refractivity contribution in [2.24, 2.45) is 5.73 Å². The first-order valence-electron chi connectivity index (χ1n) is 2.69. The van der Waals surface area contributed by atoms with Gasteiger partial charge >= 0.3 is 0 Å². The molecular formula is C4H10ClF2NO3S. The molecule has 2 N–H and O–H groups in total. The van der Waals surface area contributed by atoms with E-state index in [9.17, 15) is 17.2 Å². The normalized spacial score (nSPS) is 12.3. The van der Waals surface area contributed by atoms with Crippen molar-refractivity contribution in [1.29, 1.82) is 0 Å². The van der Waals surface area contributed by atoms with Crippen LogP contribution >= 0.6 is 12.4 Å². The Kier molecular flexibility index (Phi) is 5.94. The minimum absolute atomic E-state index is 0. The first kappa shape index (κ1) is 14.5. The molecule has 0 amide bonds. The fourth-order valence-corrected chi connectivity index (χ4v) is 0.639. The first-order chi connectivity index (χ1) is 4.77. The molecule has 0 atom stereocenters. The third kappa shape index (κ3) is 8.12. The van der Waals surface area contributed by atoms with E-state index in [4.69, 9.17) is 0 Å². The minimum atomic E-state index is -3.80. The molecule has 0 unspecified atom stereocenters. The van der Waals surface area contributed by atoms with Crippen molar-refractivity contribution in [2.75, 3.05) is 19.4 Å². The standard InChI is InChI=1S/C4H9F2NO3S.ClH/c1-11(8,9)10-3-4(5,6)2-7;/h2-3,7H2,1H3;1H. The summed E-state index contributed by atoms with van der Waals surface area (Å²) >= 11 is 0. The summed E-state index contributed by atoms with van der Waals surface area (Å²) in [7, 11) is -3.80. The fourth-order valence-electron chi connectivity index (χ4n) is 0.252. The van der Waals surface area contributed by atoms with Crippen molar-refractivity contribution in [2.45, 2.75) is 5.92 Å². The monoisotopic (exact) mass is 225 g/mol. The summed E-state index contributed by atoms with van der Waals surface area (Å²) < 4.78 is 48.6. The molecule has 0 heterocycles. The van der Waals surface area contributed by atoms with Gasteiger partial charge in [-0.05, 0) is 0 Å². The van der Waals surface area contributed by atoms with Crippen LogP contribution in [0.15, 0.2) is 0 Å². The van der Waals surface area contributed by atoms with E-state index in [2.05, 4.69) is 9.92 Å². The van der Waals surface area contributed by atoms with E-state index < -0.39 is 29.2 Å². The molecule has 0 rings (SSSR count). The highest BCUT2D eigenvalue weighted by atomic mass is 35.5. The fraction of sp³-hybridized carbons (Fsp3) is 1.00. The van der Waals surface area contributed by atoms with Gasteiger partial charge in [0.25, 0.3) is 16.0 Å². The Morgan fingerprint density at radius 3 is 2.17 bits per heavy atom. The van der Waals surface area contributed by atoms with Crippen LogP contribution in [0.3, 0.4) is 0 Å². The van der Waals surface area contributed by atoms with Gasteiger partial charge in [-0.15, -0.1) is 12.4 Å². The molecule has 0 aliphatic rings. The Balaban J connectivity index is 0. The Bertz CT molecular complexity index is 218. The number of halogens is 3. The lowest BCUT2D eigenvalue weighted by Crippen LogP contribution is -2.33. The SMILES string of the molecule is CS(=O)(=O)OCC(F)(F)CN.Cl. The molecule has 12 heavy (non-hydrogen) atoms. The summed E-state index contributed by atoms with van der Waals surface area (Å²) in [5, 5.41) is 0. The smallest absolute Gasteiger partial charge is 0.284 e. The number of hydrogen-bond acceptors (Lipinski definition) is 4. The maximum atomic E-state index is 12.2. The second kappa shape index (κ2) is 4.90. The van der Waals surface area contributed by atoms with Gasteiger partial charge in [0, 0.05) is 0 Å². The lowest BCUT2D eigenvalue weighted by Gasteiger charge is -2.11. The van der Waals surface area contributed by atoms with E-state index in [0.717, 1.165) is 0 Å². The molecule has 4 nitrogen and oxygen atoms in total. The minimum Gasteiger partial charge on any atom is -0.325 e. The van der Waals surface area contributed by atoms with E-state index >= 15 is 0 Å². The van der Waals surface area contributed by atoms with Gasteiger partial charge in [-0.25, -0.2) is 8.78 Å². The van der Waals surface area contributed by atoms with Crippen molar-refractivity contribution in [3.63, 3.8) is 0 Å².